The quantitative estimate of drug-likeness (QED) is 0.372. The van der Waals surface area contributed by atoms with Crippen molar-refractivity contribution in [1.82, 2.24) is 19.9 Å². The van der Waals surface area contributed by atoms with Crippen molar-refractivity contribution in [3.8, 4) is 11.3 Å². The Kier molecular flexibility index (Phi) is 5.42. The predicted molar refractivity (Wildman–Crippen MR) is 120 cm³/mol. The van der Waals surface area contributed by atoms with E-state index in [1.165, 1.54) is 4.52 Å². The van der Waals surface area contributed by atoms with Crippen molar-refractivity contribution in [3.05, 3.63) is 88.5 Å². The van der Waals surface area contributed by atoms with Gasteiger partial charge in [0.1, 0.15) is 11.9 Å². The lowest BCUT2D eigenvalue weighted by Gasteiger charge is -2.29. The topological polar surface area (TPSA) is 82.7 Å². The molecule has 35 heavy (non-hydrogen) atoms. The van der Waals surface area contributed by atoms with Crippen molar-refractivity contribution in [2.45, 2.75) is 37.8 Å². The van der Waals surface area contributed by atoms with Crippen molar-refractivity contribution < 1.29 is 27.8 Å². The molecule has 0 unspecified atom stereocenters. The Morgan fingerprint density at radius 3 is 2.40 bits per heavy atom. The number of nitrogens with zero attached hydrogens (tertiary/aromatic N) is 3. The van der Waals surface area contributed by atoms with Crippen LogP contribution in [0.15, 0.2) is 54.6 Å². The molecule has 2 aromatic heterocycles. The average Bonchev–Trinajstić information content (AvgIpc) is 3.18. The molecular formula is C25H22F4N4O2. The van der Waals surface area contributed by atoms with Crippen molar-refractivity contribution in [3.63, 3.8) is 0 Å². The number of aliphatic hydroxyl groups excluding tert-OH is 1. The summed E-state index contributed by atoms with van der Waals surface area (Å²) >= 11 is 0. The number of nitrogens with one attached hydrogen (secondary N) is 1. The van der Waals surface area contributed by atoms with Gasteiger partial charge in [-0.1, -0.05) is 30.3 Å². The summed E-state index contributed by atoms with van der Waals surface area (Å²) in [6.45, 7) is 3.32. The summed E-state index contributed by atoms with van der Waals surface area (Å²) in [4.78, 5) is 4.42. The van der Waals surface area contributed by atoms with Crippen LogP contribution in [0.25, 0.3) is 16.9 Å². The summed E-state index contributed by atoms with van der Waals surface area (Å²) in [5.74, 6) is -0.995. The van der Waals surface area contributed by atoms with Crippen LogP contribution >= 0.6 is 0 Å². The number of aliphatic hydroxyl groups is 2. The number of hydrogen-bond donors (Lipinski definition) is 3. The molecule has 0 saturated carbocycles. The molecule has 0 saturated heterocycles. The summed E-state index contributed by atoms with van der Waals surface area (Å²) in [5.41, 5.74) is 0.482. The van der Waals surface area contributed by atoms with Gasteiger partial charge in [0.15, 0.2) is 5.65 Å². The predicted octanol–water partition coefficient (Wildman–Crippen LogP) is 4.51. The number of hydrogen-bond acceptors (Lipinski definition) is 5. The van der Waals surface area contributed by atoms with E-state index in [4.69, 9.17) is 0 Å². The molecule has 0 aliphatic carbocycles. The number of benzene rings is 2. The number of imidazole rings is 1. The molecule has 2 atom stereocenters. The second-order valence-corrected chi connectivity index (χ2v) is 9.09. The van der Waals surface area contributed by atoms with E-state index in [1.807, 2.05) is 0 Å². The van der Waals surface area contributed by atoms with Gasteiger partial charge in [-0.25, -0.2) is 13.9 Å². The third kappa shape index (κ3) is 4.18. The first-order valence-electron chi connectivity index (χ1n) is 10.9. The van der Waals surface area contributed by atoms with E-state index in [0.717, 1.165) is 17.7 Å². The van der Waals surface area contributed by atoms with Crippen LogP contribution in [0, 0.1) is 5.82 Å². The normalized spacial score (nSPS) is 18.6. The zero-order valence-corrected chi connectivity index (χ0v) is 18.8. The van der Waals surface area contributed by atoms with Gasteiger partial charge < -0.3 is 15.5 Å². The Labute approximate surface area is 197 Å². The van der Waals surface area contributed by atoms with Crippen LogP contribution in [0.3, 0.4) is 0 Å². The van der Waals surface area contributed by atoms with Gasteiger partial charge >= 0.3 is 6.18 Å². The van der Waals surface area contributed by atoms with Gasteiger partial charge in [0.25, 0.3) is 0 Å². The number of alkyl halides is 3. The number of fused-ring (bicyclic) bond motifs is 3. The summed E-state index contributed by atoms with van der Waals surface area (Å²) in [6.07, 6.45) is -5.83. The maximum Gasteiger partial charge on any atom is 0.416 e. The molecular weight excluding hydrogens is 464 g/mol. The minimum Gasteiger partial charge on any atom is -0.386 e. The van der Waals surface area contributed by atoms with E-state index in [9.17, 15) is 27.8 Å². The van der Waals surface area contributed by atoms with Gasteiger partial charge in [-0.05, 0) is 49.2 Å². The number of rotatable bonds is 3. The fourth-order valence-electron chi connectivity index (χ4n) is 4.39. The number of halogens is 4. The molecule has 3 heterocycles. The first-order valence-corrected chi connectivity index (χ1v) is 10.9. The zero-order valence-electron chi connectivity index (χ0n) is 18.8. The maximum atomic E-state index is 13.8. The highest BCUT2D eigenvalue weighted by Crippen LogP contribution is 2.40. The molecule has 2 aromatic carbocycles. The van der Waals surface area contributed by atoms with E-state index < -0.39 is 35.3 Å². The van der Waals surface area contributed by atoms with Crippen LogP contribution in [-0.4, -0.2) is 31.4 Å². The molecule has 1 aliphatic heterocycles. The van der Waals surface area contributed by atoms with E-state index in [0.29, 0.717) is 23.0 Å². The molecule has 10 heteroatoms. The molecule has 5 rings (SSSR count). The molecule has 0 amide bonds. The van der Waals surface area contributed by atoms with Crippen molar-refractivity contribution in [2.75, 3.05) is 6.54 Å². The highest BCUT2D eigenvalue weighted by atomic mass is 19.4. The van der Waals surface area contributed by atoms with Crippen molar-refractivity contribution >= 4 is 5.65 Å². The molecule has 6 nitrogen and oxygen atoms in total. The van der Waals surface area contributed by atoms with Gasteiger partial charge in [0.05, 0.1) is 34.3 Å². The van der Waals surface area contributed by atoms with Crippen LogP contribution in [0.2, 0.25) is 0 Å². The molecule has 0 bridgehead atoms. The summed E-state index contributed by atoms with van der Waals surface area (Å²) in [5, 5.41) is 28.3. The Balaban J connectivity index is 1.67. The first-order chi connectivity index (χ1) is 16.4. The third-order valence-corrected chi connectivity index (χ3v) is 6.16. The molecule has 3 N–H and O–H groups in total. The van der Waals surface area contributed by atoms with E-state index >= 15 is 0 Å². The van der Waals surface area contributed by atoms with Gasteiger partial charge in [-0.2, -0.15) is 18.3 Å². The minimum absolute atomic E-state index is 0.0263. The van der Waals surface area contributed by atoms with E-state index in [2.05, 4.69) is 15.4 Å². The third-order valence-electron chi connectivity index (χ3n) is 6.16. The highest BCUT2D eigenvalue weighted by molar-refractivity contribution is 5.61. The molecule has 182 valence electrons. The van der Waals surface area contributed by atoms with Gasteiger partial charge in [0.2, 0.25) is 0 Å². The fraction of sp³-hybridized carbons (Fsp3) is 0.280. The van der Waals surface area contributed by atoms with Crippen LogP contribution in [0.4, 0.5) is 17.6 Å². The van der Waals surface area contributed by atoms with Crippen molar-refractivity contribution in [1.29, 1.82) is 0 Å². The zero-order chi connectivity index (χ0) is 25.1. The van der Waals surface area contributed by atoms with Crippen LogP contribution in [0.5, 0.6) is 0 Å². The largest absolute Gasteiger partial charge is 0.416 e. The first kappa shape index (κ1) is 23.4. The summed E-state index contributed by atoms with van der Waals surface area (Å²) in [6, 6.07) is 12.0. The summed E-state index contributed by atoms with van der Waals surface area (Å²) < 4.78 is 56.5. The van der Waals surface area contributed by atoms with Crippen molar-refractivity contribution in [2.24, 2.45) is 0 Å². The Hall–Kier alpha value is -3.34. The maximum absolute atomic E-state index is 13.8. The van der Waals surface area contributed by atoms with E-state index in [1.54, 1.807) is 50.2 Å². The van der Waals surface area contributed by atoms with Gasteiger partial charge in [-0.3, -0.25) is 0 Å². The smallest absolute Gasteiger partial charge is 0.386 e. The van der Waals surface area contributed by atoms with Gasteiger partial charge in [-0.15, -0.1) is 0 Å². The molecule has 1 aliphatic rings. The van der Waals surface area contributed by atoms with Crippen LogP contribution in [-0.2, 0) is 11.8 Å². The SMILES string of the molecule is CC(C)(O)c1ccc(-c2ccc3nc4c(n3n2)[C@@H](c2ccc(F)cc2C(F)(F)F)NC[C@@H]4O)cc1. The monoisotopic (exact) mass is 486 g/mol. The molecule has 0 radical (unpaired) electrons. The summed E-state index contributed by atoms with van der Waals surface area (Å²) in [7, 11) is 0. The fourth-order valence-corrected chi connectivity index (χ4v) is 4.39. The lowest BCUT2D eigenvalue weighted by atomic mass is 9.92. The average molecular weight is 486 g/mol. The van der Waals surface area contributed by atoms with Gasteiger partial charge in [0, 0.05) is 12.1 Å². The second kappa shape index (κ2) is 8.11. The Morgan fingerprint density at radius 2 is 1.74 bits per heavy atom. The minimum atomic E-state index is -4.78. The number of aromatic nitrogens is 3. The standard InChI is InChI=1S/C25H22F4N4O2/c1-24(2,35)14-5-3-13(4-6-14)18-9-10-20-31-22-19(34)12-30-21(23(22)33(20)32-18)16-8-7-15(26)11-17(16)25(27,28)29/h3-11,19,21,30,34-35H,12H2,1-2H3/t19-,21+/m0/s1. The second-order valence-electron chi connectivity index (χ2n) is 9.09. The van der Waals surface area contributed by atoms with Crippen LogP contribution < -0.4 is 5.32 Å². The highest BCUT2D eigenvalue weighted by Gasteiger charge is 2.40. The molecule has 0 spiro atoms. The number of β-amino-alcohol motifs (C(OH)–C–C–N with tert-alkyl or cyclic N) is 1. The Bertz CT molecular complexity index is 1410. The molecule has 0 fully saturated rings. The lowest BCUT2D eigenvalue weighted by Crippen LogP contribution is -2.35. The lowest BCUT2D eigenvalue weighted by molar-refractivity contribution is -0.138. The van der Waals surface area contributed by atoms with E-state index in [-0.39, 0.29) is 23.5 Å². The van der Waals surface area contributed by atoms with Crippen LogP contribution in [0.1, 0.15) is 54.1 Å². The Morgan fingerprint density at radius 1 is 1.03 bits per heavy atom. The molecule has 4 aromatic rings.